The summed E-state index contributed by atoms with van der Waals surface area (Å²) in [6.07, 6.45) is 0. The Morgan fingerprint density at radius 1 is 1.35 bits per heavy atom. The summed E-state index contributed by atoms with van der Waals surface area (Å²) in [6, 6.07) is 6.18. The standard InChI is InChI=1S/C16H27NO2S/c1-7-17-14(11-20(18)16(3,4)5)13-10-12(2)8-9-15(13)19-6/h8-10,14,17H,7,11H2,1-6H3. The van der Waals surface area contributed by atoms with Crippen molar-refractivity contribution in [2.24, 2.45) is 0 Å². The molecule has 3 nitrogen and oxygen atoms in total. The van der Waals surface area contributed by atoms with Crippen molar-refractivity contribution in [3.63, 3.8) is 0 Å². The molecule has 4 heteroatoms. The Labute approximate surface area is 125 Å². The van der Waals surface area contributed by atoms with Gasteiger partial charge in [0.25, 0.3) is 0 Å². The maximum atomic E-state index is 12.4. The lowest BCUT2D eigenvalue weighted by molar-refractivity contribution is 0.402. The van der Waals surface area contributed by atoms with Crippen molar-refractivity contribution in [1.82, 2.24) is 5.32 Å². The van der Waals surface area contributed by atoms with E-state index in [1.54, 1.807) is 7.11 Å². The second-order valence-electron chi connectivity index (χ2n) is 5.98. The molecule has 2 atom stereocenters. The Balaban J connectivity index is 3.07. The van der Waals surface area contributed by atoms with Crippen LogP contribution in [-0.2, 0) is 10.8 Å². The minimum Gasteiger partial charge on any atom is -0.496 e. The third-order valence-electron chi connectivity index (χ3n) is 3.21. The molecule has 0 spiro atoms. The molecule has 0 aliphatic carbocycles. The zero-order valence-corrected chi connectivity index (χ0v) is 14.3. The highest BCUT2D eigenvalue weighted by Crippen LogP contribution is 2.28. The maximum Gasteiger partial charge on any atom is 0.123 e. The molecular formula is C16H27NO2S. The molecule has 0 aliphatic rings. The molecular weight excluding hydrogens is 270 g/mol. The van der Waals surface area contributed by atoms with Crippen LogP contribution in [0.5, 0.6) is 5.75 Å². The number of methoxy groups -OCH3 is 1. The number of nitrogens with one attached hydrogen (secondary N) is 1. The molecule has 2 unspecified atom stereocenters. The molecule has 0 aromatic heterocycles. The van der Waals surface area contributed by atoms with Gasteiger partial charge in [0.2, 0.25) is 0 Å². The number of hydrogen-bond acceptors (Lipinski definition) is 3. The van der Waals surface area contributed by atoms with Gasteiger partial charge in [-0.3, -0.25) is 4.21 Å². The van der Waals surface area contributed by atoms with Gasteiger partial charge in [-0.05, 0) is 40.3 Å². The van der Waals surface area contributed by atoms with Gasteiger partial charge in [-0.15, -0.1) is 0 Å². The molecule has 20 heavy (non-hydrogen) atoms. The van der Waals surface area contributed by atoms with Crippen LogP contribution in [-0.4, -0.2) is 28.4 Å². The van der Waals surface area contributed by atoms with Gasteiger partial charge in [-0.25, -0.2) is 0 Å². The third-order valence-corrected chi connectivity index (χ3v) is 5.21. The van der Waals surface area contributed by atoms with Crippen LogP contribution in [0.2, 0.25) is 0 Å². The predicted molar refractivity (Wildman–Crippen MR) is 86.9 cm³/mol. The largest absolute Gasteiger partial charge is 0.496 e. The number of aryl methyl sites for hydroxylation is 1. The molecule has 0 heterocycles. The average Bonchev–Trinajstić information content (AvgIpc) is 2.37. The predicted octanol–water partition coefficient (Wildman–Crippen LogP) is 3.20. The molecule has 1 rings (SSSR count). The van der Waals surface area contributed by atoms with Gasteiger partial charge in [0.15, 0.2) is 0 Å². The van der Waals surface area contributed by atoms with Gasteiger partial charge in [0.1, 0.15) is 5.75 Å². The molecule has 1 N–H and O–H groups in total. The zero-order valence-electron chi connectivity index (χ0n) is 13.4. The topological polar surface area (TPSA) is 38.3 Å². The Hall–Kier alpha value is -0.870. The summed E-state index contributed by atoms with van der Waals surface area (Å²) in [5.74, 6) is 1.45. The van der Waals surface area contributed by atoms with Crippen LogP contribution >= 0.6 is 0 Å². The Kier molecular flexibility index (Phi) is 6.21. The summed E-state index contributed by atoms with van der Waals surface area (Å²) in [5, 5.41) is 3.43. The van der Waals surface area contributed by atoms with Crippen LogP contribution in [0.4, 0.5) is 0 Å². The van der Waals surface area contributed by atoms with E-state index in [2.05, 4.69) is 25.2 Å². The van der Waals surface area contributed by atoms with Crippen molar-refractivity contribution in [3.05, 3.63) is 29.3 Å². The van der Waals surface area contributed by atoms with Gasteiger partial charge >= 0.3 is 0 Å². The van der Waals surface area contributed by atoms with E-state index in [9.17, 15) is 4.21 Å². The maximum absolute atomic E-state index is 12.4. The van der Waals surface area contributed by atoms with Crippen LogP contribution in [0.25, 0.3) is 0 Å². The summed E-state index contributed by atoms with van der Waals surface area (Å²) in [7, 11) is 0.774. The van der Waals surface area contributed by atoms with Crippen LogP contribution < -0.4 is 10.1 Å². The number of hydrogen-bond donors (Lipinski definition) is 1. The van der Waals surface area contributed by atoms with Gasteiger partial charge in [-0.2, -0.15) is 0 Å². The molecule has 0 bridgehead atoms. The summed E-state index contributed by atoms with van der Waals surface area (Å²) < 4.78 is 17.7. The van der Waals surface area contributed by atoms with E-state index in [1.165, 1.54) is 5.56 Å². The first-order chi connectivity index (χ1) is 9.29. The summed E-state index contributed by atoms with van der Waals surface area (Å²) in [5.41, 5.74) is 2.28. The molecule has 0 saturated carbocycles. The lowest BCUT2D eigenvalue weighted by Crippen LogP contribution is -2.33. The normalized spacial score (nSPS) is 14.9. The van der Waals surface area contributed by atoms with Crippen molar-refractivity contribution in [2.75, 3.05) is 19.4 Å². The molecule has 0 aliphatic heterocycles. The first kappa shape index (κ1) is 17.2. The van der Waals surface area contributed by atoms with E-state index in [0.29, 0.717) is 5.75 Å². The summed E-state index contributed by atoms with van der Waals surface area (Å²) in [4.78, 5) is 0. The SMILES string of the molecule is CCNC(CS(=O)C(C)(C)C)c1cc(C)ccc1OC. The average molecular weight is 297 g/mol. The lowest BCUT2D eigenvalue weighted by atomic mass is 10.0. The molecule has 1 aromatic rings. The van der Waals surface area contributed by atoms with Crippen molar-refractivity contribution < 1.29 is 8.95 Å². The first-order valence-corrected chi connectivity index (χ1v) is 8.38. The lowest BCUT2D eigenvalue weighted by Gasteiger charge is -2.25. The van der Waals surface area contributed by atoms with E-state index in [0.717, 1.165) is 17.9 Å². The number of rotatable bonds is 6. The van der Waals surface area contributed by atoms with Crippen LogP contribution in [0.1, 0.15) is 44.9 Å². The second kappa shape index (κ2) is 7.23. The van der Waals surface area contributed by atoms with E-state index in [1.807, 2.05) is 32.9 Å². The summed E-state index contributed by atoms with van der Waals surface area (Å²) in [6.45, 7) is 11.0. The van der Waals surface area contributed by atoms with Gasteiger partial charge < -0.3 is 10.1 Å². The van der Waals surface area contributed by atoms with Crippen molar-refractivity contribution in [2.45, 2.75) is 45.4 Å². The highest BCUT2D eigenvalue weighted by atomic mass is 32.2. The monoisotopic (exact) mass is 297 g/mol. The van der Waals surface area contributed by atoms with Crippen molar-refractivity contribution in [3.8, 4) is 5.75 Å². The van der Waals surface area contributed by atoms with E-state index in [4.69, 9.17) is 4.74 Å². The number of benzene rings is 1. The van der Waals surface area contributed by atoms with Gasteiger partial charge in [0.05, 0.1) is 7.11 Å². The Morgan fingerprint density at radius 2 is 2.00 bits per heavy atom. The van der Waals surface area contributed by atoms with Gasteiger partial charge in [-0.1, -0.05) is 24.6 Å². The fraction of sp³-hybridized carbons (Fsp3) is 0.625. The second-order valence-corrected chi connectivity index (χ2v) is 8.23. The van der Waals surface area contributed by atoms with Crippen LogP contribution in [0.15, 0.2) is 18.2 Å². The van der Waals surface area contributed by atoms with Crippen LogP contribution in [0.3, 0.4) is 0 Å². The minimum atomic E-state index is -0.904. The van der Waals surface area contributed by atoms with Crippen molar-refractivity contribution >= 4 is 10.8 Å². The quantitative estimate of drug-likeness (QED) is 0.876. The minimum absolute atomic E-state index is 0.0508. The van der Waals surface area contributed by atoms with E-state index >= 15 is 0 Å². The van der Waals surface area contributed by atoms with Crippen molar-refractivity contribution in [1.29, 1.82) is 0 Å². The molecule has 0 fully saturated rings. The fourth-order valence-corrected chi connectivity index (χ4v) is 3.13. The molecule has 1 aromatic carbocycles. The first-order valence-electron chi connectivity index (χ1n) is 7.06. The zero-order chi connectivity index (χ0) is 15.3. The van der Waals surface area contributed by atoms with Crippen LogP contribution in [0, 0.1) is 6.92 Å². The Morgan fingerprint density at radius 3 is 2.50 bits per heavy atom. The fourth-order valence-electron chi connectivity index (χ4n) is 2.03. The highest BCUT2D eigenvalue weighted by molar-refractivity contribution is 7.86. The molecule has 0 radical (unpaired) electrons. The van der Waals surface area contributed by atoms with E-state index < -0.39 is 10.8 Å². The molecule has 0 amide bonds. The Bertz CT molecular complexity index is 466. The summed E-state index contributed by atoms with van der Waals surface area (Å²) >= 11 is 0. The number of ether oxygens (including phenoxy) is 1. The van der Waals surface area contributed by atoms with Gasteiger partial charge in [0, 0.05) is 32.9 Å². The molecule has 0 saturated heterocycles. The van der Waals surface area contributed by atoms with E-state index in [-0.39, 0.29) is 10.8 Å². The molecule has 114 valence electrons. The highest BCUT2D eigenvalue weighted by Gasteiger charge is 2.25. The third kappa shape index (κ3) is 4.60. The smallest absolute Gasteiger partial charge is 0.123 e.